The summed E-state index contributed by atoms with van der Waals surface area (Å²) in [5, 5.41) is 0.957. The molecule has 27 heavy (non-hydrogen) atoms. The van der Waals surface area contributed by atoms with E-state index in [-0.39, 0.29) is 11.4 Å². The monoisotopic (exact) mass is 389 g/mol. The van der Waals surface area contributed by atoms with Crippen molar-refractivity contribution in [3.8, 4) is 16.3 Å². The average molecular weight is 389 g/mol. The van der Waals surface area contributed by atoms with Crippen molar-refractivity contribution in [2.75, 3.05) is 0 Å². The van der Waals surface area contributed by atoms with Crippen LogP contribution in [0.3, 0.4) is 0 Å². The first-order chi connectivity index (χ1) is 13.2. The van der Waals surface area contributed by atoms with Gasteiger partial charge < -0.3 is 4.74 Å². The molecule has 4 nitrogen and oxygen atoms in total. The maximum absolute atomic E-state index is 12.6. The zero-order valence-corrected chi connectivity index (χ0v) is 15.5. The van der Waals surface area contributed by atoms with Gasteiger partial charge in [0.1, 0.15) is 21.2 Å². The van der Waals surface area contributed by atoms with Crippen molar-refractivity contribution < 1.29 is 14.3 Å². The number of ketones is 1. The van der Waals surface area contributed by atoms with Crippen LogP contribution in [0.4, 0.5) is 0 Å². The molecule has 130 valence electrons. The number of carbonyl (C=O) groups is 2. The standard InChI is InChI=1S/C21H11NO3S2/c23-18-14-8-4-5-9-16(14)25-21(24)15(18)10-13-11-17-20(26-13)22-19(27-17)12-6-2-1-3-7-12/h1-11H/b15-10-. The Morgan fingerprint density at radius 1 is 0.926 bits per heavy atom. The quantitative estimate of drug-likeness (QED) is 0.204. The summed E-state index contributed by atoms with van der Waals surface area (Å²) >= 11 is 3.05. The Balaban J connectivity index is 1.52. The van der Waals surface area contributed by atoms with Gasteiger partial charge in [-0.2, -0.15) is 0 Å². The van der Waals surface area contributed by atoms with Crippen LogP contribution < -0.4 is 4.74 Å². The summed E-state index contributed by atoms with van der Waals surface area (Å²) in [5.41, 5.74) is 1.53. The molecule has 0 bridgehead atoms. The van der Waals surface area contributed by atoms with Crippen LogP contribution in [0.25, 0.3) is 26.2 Å². The highest BCUT2D eigenvalue weighted by Crippen LogP contribution is 2.37. The molecule has 0 N–H and O–H groups in total. The van der Waals surface area contributed by atoms with Gasteiger partial charge in [-0.15, -0.1) is 22.7 Å². The summed E-state index contributed by atoms with van der Waals surface area (Å²) in [7, 11) is 0. The van der Waals surface area contributed by atoms with Gasteiger partial charge in [-0.3, -0.25) is 4.79 Å². The highest BCUT2D eigenvalue weighted by atomic mass is 32.1. The molecule has 0 atom stereocenters. The lowest BCUT2D eigenvalue weighted by Crippen LogP contribution is -2.24. The second-order valence-electron chi connectivity index (χ2n) is 5.98. The number of rotatable bonds is 2. The van der Waals surface area contributed by atoms with Gasteiger partial charge >= 0.3 is 5.97 Å². The smallest absolute Gasteiger partial charge is 0.347 e. The van der Waals surface area contributed by atoms with E-state index in [9.17, 15) is 9.59 Å². The first-order valence-corrected chi connectivity index (χ1v) is 9.86. The lowest BCUT2D eigenvalue weighted by Gasteiger charge is -2.16. The van der Waals surface area contributed by atoms with Crippen LogP contribution in [0, 0.1) is 0 Å². The zero-order valence-electron chi connectivity index (χ0n) is 13.8. The molecule has 0 radical (unpaired) electrons. The SMILES string of the molecule is O=C1Oc2ccccc2C(=O)/C1=C/c1cc2sc(-c3ccccc3)nc2s1. The Labute approximate surface area is 162 Å². The number of thiophene rings is 1. The van der Waals surface area contributed by atoms with Crippen LogP contribution in [0.1, 0.15) is 15.2 Å². The van der Waals surface area contributed by atoms with Crippen LogP contribution >= 0.6 is 22.7 Å². The number of thiazole rings is 1. The number of ether oxygens (including phenoxy) is 1. The van der Waals surface area contributed by atoms with Crippen molar-refractivity contribution >= 4 is 50.0 Å². The number of para-hydroxylation sites is 1. The van der Waals surface area contributed by atoms with Gasteiger partial charge in [0, 0.05) is 10.4 Å². The van der Waals surface area contributed by atoms with Crippen molar-refractivity contribution in [2.24, 2.45) is 0 Å². The summed E-state index contributed by atoms with van der Waals surface area (Å²) < 4.78 is 6.31. The van der Waals surface area contributed by atoms with Crippen LogP contribution in [0.2, 0.25) is 0 Å². The van der Waals surface area contributed by atoms with Gasteiger partial charge in [0.15, 0.2) is 0 Å². The summed E-state index contributed by atoms with van der Waals surface area (Å²) in [6.07, 6.45) is 1.60. The predicted molar refractivity (Wildman–Crippen MR) is 107 cm³/mol. The molecule has 0 spiro atoms. The minimum absolute atomic E-state index is 0.0471. The molecule has 0 aliphatic carbocycles. The normalized spacial score (nSPS) is 15.2. The Hall–Kier alpha value is -3.09. The molecule has 6 heteroatoms. The first kappa shape index (κ1) is 16.1. The van der Waals surface area contributed by atoms with Gasteiger partial charge in [0.2, 0.25) is 5.78 Å². The lowest BCUT2D eigenvalue weighted by molar-refractivity contribution is -0.130. The predicted octanol–water partition coefficient (Wildman–Crippen LogP) is 5.21. The minimum atomic E-state index is -0.617. The molecule has 0 amide bonds. The van der Waals surface area contributed by atoms with E-state index in [1.165, 1.54) is 11.3 Å². The molecule has 0 unspecified atom stereocenters. The molecule has 3 heterocycles. The Morgan fingerprint density at radius 3 is 2.52 bits per heavy atom. The van der Waals surface area contributed by atoms with Crippen LogP contribution in [0.15, 0.2) is 66.2 Å². The second-order valence-corrected chi connectivity index (χ2v) is 8.07. The number of hydrogen-bond donors (Lipinski definition) is 0. The van der Waals surface area contributed by atoms with E-state index in [1.54, 1.807) is 41.7 Å². The topological polar surface area (TPSA) is 56.3 Å². The molecule has 5 rings (SSSR count). The maximum Gasteiger partial charge on any atom is 0.347 e. The van der Waals surface area contributed by atoms with E-state index >= 15 is 0 Å². The van der Waals surface area contributed by atoms with E-state index in [0.717, 1.165) is 25.0 Å². The minimum Gasteiger partial charge on any atom is -0.422 e. The highest BCUT2D eigenvalue weighted by Gasteiger charge is 2.30. The van der Waals surface area contributed by atoms with E-state index in [1.807, 2.05) is 36.4 Å². The largest absolute Gasteiger partial charge is 0.422 e. The number of carbonyl (C=O) groups excluding carboxylic acids is 2. The fourth-order valence-electron chi connectivity index (χ4n) is 2.93. The summed E-state index contributed by atoms with van der Waals surface area (Å²) in [5.74, 6) is -0.615. The van der Waals surface area contributed by atoms with Crippen LogP contribution in [-0.4, -0.2) is 16.7 Å². The van der Waals surface area contributed by atoms with Crippen molar-refractivity contribution in [2.45, 2.75) is 0 Å². The molecule has 0 saturated heterocycles. The Kier molecular flexibility index (Phi) is 3.74. The van der Waals surface area contributed by atoms with E-state index in [4.69, 9.17) is 4.74 Å². The van der Waals surface area contributed by atoms with Gasteiger partial charge in [0.05, 0.1) is 10.3 Å². The van der Waals surface area contributed by atoms with Crippen molar-refractivity contribution in [1.82, 2.24) is 4.98 Å². The van der Waals surface area contributed by atoms with Gasteiger partial charge in [-0.1, -0.05) is 42.5 Å². The third-order valence-corrected chi connectivity index (χ3v) is 6.37. The fourth-order valence-corrected chi connectivity index (χ4v) is 5.10. The number of hydrogen-bond acceptors (Lipinski definition) is 6. The summed E-state index contributed by atoms with van der Waals surface area (Å²) in [4.78, 5) is 31.3. The molecule has 0 fully saturated rings. The van der Waals surface area contributed by atoms with Crippen LogP contribution in [0.5, 0.6) is 5.75 Å². The number of fused-ring (bicyclic) bond motifs is 2. The Morgan fingerprint density at radius 2 is 1.70 bits per heavy atom. The average Bonchev–Trinajstić information content (AvgIpc) is 3.24. The number of aromatic nitrogens is 1. The third kappa shape index (κ3) is 2.79. The summed E-state index contributed by atoms with van der Waals surface area (Å²) in [6.45, 7) is 0. The fraction of sp³-hybridized carbons (Fsp3) is 0. The summed E-state index contributed by atoms with van der Waals surface area (Å²) in [6, 6.07) is 18.7. The molecule has 2 aromatic heterocycles. The molecular weight excluding hydrogens is 378 g/mol. The molecule has 0 saturated carbocycles. The molecule has 1 aliphatic heterocycles. The number of esters is 1. The number of Topliss-reactive ketones (excluding diaryl/α,β-unsaturated/α-hetero) is 1. The maximum atomic E-state index is 12.6. The molecule has 2 aromatic carbocycles. The molecule has 4 aromatic rings. The van der Waals surface area contributed by atoms with Gasteiger partial charge in [0.25, 0.3) is 0 Å². The number of benzene rings is 2. The first-order valence-electron chi connectivity index (χ1n) is 8.22. The molecule has 1 aliphatic rings. The van der Waals surface area contributed by atoms with Gasteiger partial charge in [-0.25, -0.2) is 9.78 Å². The Bertz CT molecular complexity index is 1200. The van der Waals surface area contributed by atoms with Crippen molar-refractivity contribution in [3.05, 3.63) is 76.7 Å². The zero-order chi connectivity index (χ0) is 18.4. The second kappa shape index (κ2) is 6.26. The lowest BCUT2D eigenvalue weighted by atomic mass is 9.99. The van der Waals surface area contributed by atoms with Gasteiger partial charge in [-0.05, 0) is 24.3 Å². The van der Waals surface area contributed by atoms with E-state index in [0.29, 0.717) is 11.3 Å². The molecular formula is C21H11NO3S2. The van der Waals surface area contributed by atoms with Crippen LogP contribution in [-0.2, 0) is 4.79 Å². The van der Waals surface area contributed by atoms with Crippen molar-refractivity contribution in [3.63, 3.8) is 0 Å². The number of nitrogens with zero attached hydrogens (tertiary/aromatic N) is 1. The highest BCUT2D eigenvalue weighted by molar-refractivity contribution is 7.29. The van der Waals surface area contributed by atoms with E-state index < -0.39 is 5.97 Å². The third-order valence-electron chi connectivity index (χ3n) is 4.21. The van der Waals surface area contributed by atoms with E-state index in [2.05, 4.69) is 4.98 Å². The van der Waals surface area contributed by atoms with Crippen molar-refractivity contribution in [1.29, 1.82) is 0 Å².